The Bertz CT molecular complexity index is 907. The lowest BCUT2D eigenvalue weighted by atomic mass is 10.2. The lowest BCUT2D eigenvalue weighted by Crippen LogP contribution is -2.37. The number of para-hydroxylation sites is 1. The number of hydrogen-bond acceptors (Lipinski definition) is 6. The molecular weight excluding hydrogens is 304 g/mol. The molecule has 1 aliphatic heterocycles. The van der Waals surface area contributed by atoms with Gasteiger partial charge in [0.05, 0.1) is 24.5 Å². The summed E-state index contributed by atoms with van der Waals surface area (Å²) in [7, 11) is 0. The van der Waals surface area contributed by atoms with Gasteiger partial charge in [-0.1, -0.05) is 18.2 Å². The van der Waals surface area contributed by atoms with E-state index in [0.717, 1.165) is 24.6 Å². The monoisotopic (exact) mass is 320 g/mol. The van der Waals surface area contributed by atoms with E-state index < -0.39 is 0 Å². The third-order valence-corrected chi connectivity index (χ3v) is 3.97. The first-order chi connectivity index (χ1) is 11.8. The van der Waals surface area contributed by atoms with Crippen LogP contribution in [0.15, 0.2) is 42.5 Å². The van der Waals surface area contributed by atoms with Crippen molar-refractivity contribution in [2.75, 3.05) is 36.5 Å². The lowest BCUT2D eigenvalue weighted by Gasteiger charge is -2.28. The Labute approximate surface area is 139 Å². The molecule has 1 saturated heterocycles. The first kappa shape index (κ1) is 14.5. The van der Waals surface area contributed by atoms with E-state index in [4.69, 9.17) is 4.74 Å². The maximum Gasteiger partial charge on any atom is 0.247 e. The first-order valence-electron chi connectivity index (χ1n) is 7.80. The molecule has 0 bridgehead atoms. The molecule has 1 N–H and O–H groups in total. The summed E-state index contributed by atoms with van der Waals surface area (Å²) in [5.74, 6) is 1.46. The molecule has 7 nitrogen and oxygen atoms in total. The zero-order valence-electron chi connectivity index (χ0n) is 13.0. The van der Waals surface area contributed by atoms with Crippen molar-refractivity contribution in [1.82, 2.24) is 14.6 Å². The fourth-order valence-corrected chi connectivity index (χ4v) is 2.79. The Morgan fingerprint density at radius 3 is 2.75 bits per heavy atom. The van der Waals surface area contributed by atoms with Crippen LogP contribution in [-0.4, -0.2) is 40.9 Å². The molecule has 0 unspecified atom stereocenters. The molecule has 0 amide bonds. The molecule has 0 atom stereocenters. The molecule has 0 spiro atoms. The number of rotatable bonds is 3. The summed E-state index contributed by atoms with van der Waals surface area (Å²) in [5, 5.41) is 16.9. The van der Waals surface area contributed by atoms with Crippen LogP contribution in [0.5, 0.6) is 0 Å². The average molecular weight is 320 g/mol. The molecule has 2 aromatic heterocycles. The number of aromatic nitrogens is 3. The normalized spacial score (nSPS) is 14.5. The van der Waals surface area contributed by atoms with Gasteiger partial charge in [0.15, 0.2) is 5.65 Å². The van der Waals surface area contributed by atoms with Gasteiger partial charge in [0.2, 0.25) is 5.95 Å². The van der Waals surface area contributed by atoms with Crippen molar-refractivity contribution in [3.8, 4) is 6.07 Å². The van der Waals surface area contributed by atoms with E-state index in [9.17, 15) is 5.26 Å². The van der Waals surface area contributed by atoms with Gasteiger partial charge < -0.3 is 15.0 Å². The SMILES string of the molecule is N#Cc1ccccc1Nc1nc2cccc(N3CCOCC3)n2n1. The van der Waals surface area contributed by atoms with Crippen LogP contribution < -0.4 is 10.2 Å². The molecule has 24 heavy (non-hydrogen) atoms. The second-order valence-electron chi connectivity index (χ2n) is 5.47. The van der Waals surface area contributed by atoms with Crippen molar-refractivity contribution < 1.29 is 4.74 Å². The van der Waals surface area contributed by atoms with Gasteiger partial charge in [-0.25, -0.2) is 0 Å². The smallest absolute Gasteiger partial charge is 0.247 e. The van der Waals surface area contributed by atoms with Crippen LogP contribution in [0, 0.1) is 11.3 Å². The van der Waals surface area contributed by atoms with Crippen LogP contribution in [0.1, 0.15) is 5.56 Å². The Hall–Kier alpha value is -3.11. The number of nitrogens with one attached hydrogen (secondary N) is 1. The maximum atomic E-state index is 9.20. The van der Waals surface area contributed by atoms with Crippen molar-refractivity contribution in [1.29, 1.82) is 5.26 Å². The van der Waals surface area contributed by atoms with Gasteiger partial charge in [-0.05, 0) is 24.3 Å². The highest BCUT2D eigenvalue weighted by molar-refractivity contribution is 5.64. The van der Waals surface area contributed by atoms with Crippen molar-refractivity contribution in [3.63, 3.8) is 0 Å². The van der Waals surface area contributed by atoms with E-state index >= 15 is 0 Å². The molecule has 0 radical (unpaired) electrons. The van der Waals surface area contributed by atoms with Gasteiger partial charge in [0.1, 0.15) is 11.9 Å². The van der Waals surface area contributed by atoms with Crippen LogP contribution in [0.3, 0.4) is 0 Å². The quantitative estimate of drug-likeness (QED) is 0.797. The number of nitrogens with zero attached hydrogens (tertiary/aromatic N) is 5. The fourth-order valence-electron chi connectivity index (χ4n) is 2.79. The van der Waals surface area contributed by atoms with Gasteiger partial charge in [-0.15, -0.1) is 5.10 Å². The van der Waals surface area contributed by atoms with E-state index in [1.54, 1.807) is 6.07 Å². The molecule has 1 aromatic carbocycles. The maximum absolute atomic E-state index is 9.20. The van der Waals surface area contributed by atoms with Gasteiger partial charge in [0.25, 0.3) is 0 Å². The summed E-state index contributed by atoms with van der Waals surface area (Å²) in [6.07, 6.45) is 0. The lowest BCUT2D eigenvalue weighted by molar-refractivity contribution is 0.122. The van der Waals surface area contributed by atoms with Crippen LogP contribution in [0.4, 0.5) is 17.5 Å². The summed E-state index contributed by atoms with van der Waals surface area (Å²) in [5.41, 5.74) is 2.02. The first-order valence-corrected chi connectivity index (χ1v) is 7.80. The topological polar surface area (TPSA) is 78.5 Å². The number of fused-ring (bicyclic) bond motifs is 1. The highest BCUT2D eigenvalue weighted by Gasteiger charge is 2.16. The summed E-state index contributed by atoms with van der Waals surface area (Å²) in [6.45, 7) is 3.09. The molecule has 1 aliphatic rings. The van der Waals surface area contributed by atoms with Crippen molar-refractivity contribution >= 4 is 23.1 Å². The van der Waals surface area contributed by atoms with E-state index in [1.807, 2.05) is 40.9 Å². The molecule has 3 aromatic rings. The van der Waals surface area contributed by atoms with Crippen molar-refractivity contribution in [2.45, 2.75) is 0 Å². The van der Waals surface area contributed by atoms with E-state index in [0.29, 0.717) is 30.4 Å². The zero-order valence-corrected chi connectivity index (χ0v) is 13.0. The number of benzene rings is 1. The number of anilines is 3. The largest absolute Gasteiger partial charge is 0.378 e. The Balaban J connectivity index is 1.69. The molecule has 4 rings (SSSR count). The summed E-state index contributed by atoms with van der Waals surface area (Å²) < 4.78 is 7.24. The Kier molecular flexibility index (Phi) is 3.73. The predicted octanol–water partition coefficient (Wildman–Crippen LogP) is 2.18. The summed E-state index contributed by atoms with van der Waals surface area (Å²) in [4.78, 5) is 6.75. The second-order valence-corrected chi connectivity index (χ2v) is 5.47. The molecule has 1 fully saturated rings. The van der Waals surface area contributed by atoms with Crippen LogP contribution in [0.2, 0.25) is 0 Å². The van der Waals surface area contributed by atoms with E-state index in [2.05, 4.69) is 26.4 Å². The molecule has 120 valence electrons. The highest BCUT2D eigenvalue weighted by atomic mass is 16.5. The molecule has 0 saturated carbocycles. The van der Waals surface area contributed by atoms with Crippen LogP contribution in [0.25, 0.3) is 5.65 Å². The Morgan fingerprint density at radius 1 is 1.08 bits per heavy atom. The standard InChI is InChI=1S/C17H16N6O/c18-12-13-4-1-2-5-14(13)19-17-20-15-6-3-7-16(23(15)21-17)22-8-10-24-11-9-22/h1-7H,8-11H2,(H,19,21). The minimum Gasteiger partial charge on any atom is -0.378 e. The van der Waals surface area contributed by atoms with Crippen LogP contribution >= 0.6 is 0 Å². The number of pyridine rings is 1. The highest BCUT2D eigenvalue weighted by Crippen LogP contribution is 2.21. The molecule has 3 heterocycles. The van der Waals surface area contributed by atoms with E-state index in [1.165, 1.54) is 0 Å². The van der Waals surface area contributed by atoms with E-state index in [-0.39, 0.29) is 0 Å². The van der Waals surface area contributed by atoms with Crippen molar-refractivity contribution in [3.05, 3.63) is 48.0 Å². The van der Waals surface area contributed by atoms with Gasteiger partial charge in [0, 0.05) is 13.1 Å². The number of nitriles is 1. The minimum atomic E-state index is 0.471. The van der Waals surface area contributed by atoms with Gasteiger partial charge in [-0.2, -0.15) is 14.8 Å². The van der Waals surface area contributed by atoms with Crippen molar-refractivity contribution in [2.24, 2.45) is 0 Å². The predicted molar refractivity (Wildman–Crippen MR) is 90.5 cm³/mol. The third-order valence-electron chi connectivity index (χ3n) is 3.97. The Morgan fingerprint density at radius 2 is 1.92 bits per heavy atom. The molecule has 7 heteroatoms. The number of hydrogen-bond donors (Lipinski definition) is 1. The summed E-state index contributed by atoms with van der Waals surface area (Å²) >= 11 is 0. The second kappa shape index (κ2) is 6.18. The average Bonchev–Trinajstić information content (AvgIpc) is 3.05. The fraction of sp³-hybridized carbons (Fsp3) is 0.235. The minimum absolute atomic E-state index is 0.471. The number of ether oxygens (including phenoxy) is 1. The third kappa shape index (κ3) is 2.64. The summed E-state index contributed by atoms with van der Waals surface area (Å²) in [6, 6.07) is 15.4. The van der Waals surface area contributed by atoms with Gasteiger partial charge >= 0.3 is 0 Å². The number of morpholine rings is 1. The zero-order chi connectivity index (χ0) is 16.4. The molecular formula is C17H16N6O. The van der Waals surface area contributed by atoms with Gasteiger partial charge in [-0.3, -0.25) is 0 Å². The molecule has 0 aliphatic carbocycles. The van der Waals surface area contributed by atoms with Crippen LogP contribution in [-0.2, 0) is 4.74 Å².